The van der Waals surface area contributed by atoms with Crippen LogP contribution in [0.2, 0.25) is 0 Å². The Balaban J connectivity index is 1.77. The van der Waals surface area contributed by atoms with Crippen molar-refractivity contribution in [3.8, 4) is 0 Å². The Morgan fingerprint density at radius 3 is 2.41 bits per heavy atom. The Morgan fingerprint density at radius 2 is 1.77 bits per heavy atom. The highest BCUT2D eigenvalue weighted by molar-refractivity contribution is 7.89. The van der Waals surface area contributed by atoms with Crippen molar-refractivity contribution >= 4 is 10.0 Å². The van der Waals surface area contributed by atoms with Crippen LogP contribution >= 0.6 is 0 Å². The van der Waals surface area contributed by atoms with E-state index < -0.39 is 10.0 Å². The second-order valence-corrected chi connectivity index (χ2v) is 7.73. The summed E-state index contributed by atoms with van der Waals surface area (Å²) < 4.78 is 31.5. The van der Waals surface area contributed by atoms with Crippen molar-refractivity contribution in [3.63, 3.8) is 0 Å². The number of nitrogens with zero attached hydrogens (tertiary/aromatic N) is 2. The van der Waals surface area contributed by atoms with Gasteiger partial charge in [0.25, 0.3) is 0 Å². The Kier molecular flexibility index (Phi) is 6.82. The van der Waals surface area contributed by atoms with Gasteiger partial charge >= 0.3 is 0 Å². The van der Waals surface area contributed by atoms with Crippen molar-refractivity contribution in [2.24, 2.45) is 0 Å². The predicted octanol–water partition coefficient (Wildman–Crippen LogP) is 1.21. The number of benzene rings is 1. The van der Waals surface area contributed by atoms with Crippen LogP contribution in [0.4, 0.5) is 0 Å². The lowest BCUT2D eigenvalue weighted by atomic mass is 10.2. The van der Waals surface area contributed by atoms with Crippen LogP contribution in [-0.4, -0.2) is 69.8 Å². The van der Waals surface area contributed by atoms with E-state index in [9.17, 15) is 8.42 Å². The first-order chi connectivity index (χ1) is 10.6. The quantitative estimate of drug-likeness (QED) is 0.674. The fourth-order valence-corrected chi connectivity index (χ4v) is 4.16. The lowest BCUT2D eigenvalue weighted by Gasteiger charge is -2.34. The van der Waals surface area contributed by atoms with Gasteiger partial charge in [-0.2, -0.15) is 4.31 Å². The van der Waals surface area contributed by atoms with Gasteiger partial charge < -0.3 is 9.64 Å². The molecule has 0 N–H and O–H groups in total. The molecule has 6 heteroatoms. The van der Waals surface area contributed by atoms with Crippen molar-refractivity contribution < 1.29 is 13.2 Å². The van der Waals surface area contributed by atoms with Gasteiger partial charge in [0.15, 0.2) is 0 Å². The number of hydrogen-bond acceptors (Lipinski definition) is 4. The standard InChI is InChI=1S/C16H26N2O3S/c1-21-14-5-9-17-10-12-18(13-11-17)22(19,20)15-8-16-6-3-2-4-7-16/h2-4,6-7H,5,8-15H2,1H3. The Labute approximate surface area is 133 Å². The summed E-state index contributed by atoms with van der Waals surface area (Å²) in [4.78, 5) is 2.31. The smallest absolute Gasteiger partial charge is 0.214 e. The first-order valence-electron chi connectivity index (χ1n) is 7.85. The third kappa shape index (κ3) is 5.35. The van der Waals surface area contributed by atoms with E-state index in [1.54, 1.807) is 11.4 Å². The molecule has 0 atom stereocenters. The fraction of sp³-hybridized carbons (Fsp3) is 0.625. The van der Waals surface area contributed by atoms with Crippen LogP contribution in [0.5, 0.6) is 0 Å². The molecule has 0 unspecified atom stereocenters. The van der Waals surface area contributed by atoms with E-state index in [1.807, 2.05) is 30.3 Å². The molecule has 1 saturated heterocycles. The SMILES string of the molecule is COCCCN1CCN(S(=O)(=O)CCc2ccccc2)CC1. The van der Waals surface area contributed by atoms with E-state index in [-0.39, 0.29) is 5.75 Å². The molecule has 1 aromatic carbocycles. The monoisotopic (exact) mass is 326 g/mol. The third-order valence-corrected chi connectivity index (χ3v) is 5.91. The second-order valence-electron chi connectivity index (χ2n) is 5.64. The van der Waals surface area contributed by atoms with Gasteiger partial charge in [-0.1, -0.05) is 30.3 Å². The van der Waals surface area contributed by atoms with Crippen LogP contribution in [0.1, 0.15) is 12.0 Å². The van der Waals surface area contributed by atoms with Gasteiger partial charge in [0.05, 0.1) is 5.75 Å². The number of aryl methyl sites for hydroxylation is 1. The van der Waals surface area contributed by atoms with Crippen molar-refractivity contribution in [2.45, 2.75) is 12.8 Å². The highest BCUT2D eigenvalue weighted by Crippen LogP contribution is 2.11. The maximum Gasteiger partial charge on any atom is 0.214 e. The summed E-state index contributed by atoms with van der Waals surface area (Å²) in [5, 5.41) is 0. The van der Waals surface area contributed by atoms with Crippen molar-refractivity contribution in [1.82, 2.24) is 9.21 Å². The van der Waals surface area contributed by atoms with Crippen molar-refractivity contribution in [2.75, 3.05) is 52.2 Å². The molecule has 1 aliphatic rings. The molecule has 1 heterocycles. The molecule has 1 fully saturated rings. The van der Waals surface area contributed by atoms with Gasteiger partial charge in [-0.05, 0) is 18.4 Å². The highest BCUT2D eigenvalue weighted by atomic mass is 32.2. The normalized spacial score (nSPS) is 17.7. The van der Waals surface area contributed by atoms with E-state index in [0.717, 1.165) is 38.2 Å². The molecule has 0 aliphatic carbocycles. The van der Waals surface area contributed by atoms with Gasteiger partial charge in [0.2, 0.25) is 10.0 Å². The van der Waals surface area contributed by atoms with Crippen LogP contribution < -0.4 is 0 Å². The topological polar surface area (TPSA) is 49.9 Å². The summed E-state index contributed by atoms with van der Waals surface area (Å²) in [5.74, 6) is 0.195. The first kappa shape index (κ1) is 17.4. The van der Waals surface area contributed by atoms with E-state index in [1.165, 1.54) is 0 Å². The summed E-state index contributed by atoms with van der Waals surface area (Å²) >= 11 is 0. The molecule has 0 amide bonds. The zero-order valence-electron chi connectivity index (χ0n) is 13.3. The van der Waals surface area contributed by atoms with E-state index in [2.05, 4.69) is 4.90 Å². The Morgan fingerprint density at radius 1 is 1.09 bits per heavy atom. The summed E-state index contributed by atoms with van der Waals surface area (Å²) in [6.45, 7) is 4.57. The molecule has 0 saturated carbocycles. The minimum Gasteiger partial charge on any atom is -0.385 e. The van der Waals surface area contributed by atoms with Gasteiger partial charge in [0.1, 0.15) is 0 Å². The summed E-state index contributed by atoms with van der Waals surface area (Å²) in [5.41, 5.74) is 1.07. The largest absolute Gasteiger partial charge is 0.385 e. The molecule has 0 aromatic heterocycles. The van der Waals surface area contributed by atoms with Crippen LogP contribution in [0.15, 0.2) is 30.3 Å². The van der Waals surface area contributed by atoms with Gasteiger partial charge in [0, 0.05) is 46.4 Å². The number of ether oxygens (including phenoxy) is 1. The molecule has 1 aliphatic heterocycles. The lowest BCUT2D eigenvalue weighted by molar-refractivity contribution is 0.149. The number of rotatable bonds is 8. The molecule has 0 bridgehead atoms. The van der Waals surface area contributed by atoms with Crippen LogP contribution in [0.25, 0.3) is 0 Å². The molecule has 22 heavy (non-hydrogen) atoms. The molecule has 124 valence electrons. The zero-order chi connectivity index (χ0) is 15.8. The molecule has 0 radical (unpaired) electrons. The number of sulfonamides is 1. The molecule has 5 nitrogen and oxygen atoms in total. The fourth-order valence-electron chi connectivity index (χ4n) is 2.68. The summed E-state index contributed by atoms with van der Waals surface area (Å²) in [7, 11) is -1.44. The molecule has 1 aromatic rings. The molecule has 2 rings (SSSR count). The predicted molar refractivity (Wildman–Crippen MR) is 88.4 cm³/mol. The summed E-state index contributed by atoms with van der Waals surface area (Å²) in [6, 6.07) is 9.79. The molecular weight excluding hydrogens is 300 g/mol. The van der Waals surface area contributed by atoms with E-state index >= 15 is 0 Å². The second kappa shape index (κ2) is 8.62. The van der Waals surface area contributed by atoms with Gasteiger partial charge in [-0.25, -0.2) is 8.42 Å². The van der Waals surface area contributed by atoms with E-state index in [0.29, 0.717) is 19.5 Å². The lowest BCUT2D eigenvalue weighted by Crippen LogP contribution is -2.49. The third-order valence-electron chi connectivity index (χ3n) is 4.04. The maximum atomic E-state index is 12.4. The van der Waals surface area contributed by atoms with Crippen LogP contribution in [0, 0.1) is 0 Å². The van der Waals surface area contributed by atoms with Crippen molar-refractivity contribution in [1.29, 1.82) is 0 Å². The van der Waals surface area contributed by atoms with Crippen molar-refractivity contribution in [3.05, 3.63) is 35.9 Å². The van der Waals surface area contributed by atoms with Gasteiger partial charge in [-0.3, -0.25) is 0 Å². The number of methoxy groups -OCH3 is 1. The van der Waals surface area contributed by atoms with Crippen LogP contribution in [0.3, 0.4) is 0 Å². The number of piperazine rings is 1. The average Bonchev–Trinajstić information content (AvgIpc) is 2.55. The number of hydrogen-bond donors (Lipinski definition) is 0. The average molecular weight is 326 g/mol. The first-order valence-corrected chi connectivity index (χ1v) is 9.46. The van der Waals surface area contributed by atoms with Crippen LogP contribution in [-0.2, 0) is 21.2 Å². The summed E-state index contributed by atoms with van der Waals surface area (Å²) in [6.07, 6.45) is 1.58. The molecule has 0 spiro atoms. The van der Waals surface area contributed by atoms with Gasteiger partial charge in [-0.15, -0.1) is 0 Å². The zero-order valence-corrected chi connectivity index (χ0v) is 14.1. The maximum absolute atomic E-state index is 12.4. The Bertz CT molecular complexity index is 526. The molecular formula is C16H26N2O3S. The highest BCUT2D eigenvalue weighted by Gasteiger charge is 2.26. The minimum atomic E-state index is -3.15. The van der Waals surface area contributed by atoms with E-state index in [4.69, 9.17) is 4.74 Å². The Hall–Kier alpha value is -0.950. The minimum absolute atomic E-state index is 0.195.